The van der Waals surface area contributed by atoms with Crippen LogP contribution in [0, 0.1) is 0 Å². The van der Waals surface area contributed by atoms with Crippen LogP contribution in [0.1, 0.15) is 5.56 Å². The molecule has 84 valence electrons. The van der Waals surface area contributed by atoms with E-state index in [0.29, 0.717) is 17.0 Å². The van der Waals surface area contributed by atoms with E-state index < -0.39 is 0 Å². The first kappa shape index (κ1) is 11.9. The molecule has 0 bridgehead atoms. The summed E-state index contributed by atoms with van der Waals surface area (Å²) < 4.78 is 9.54. The molecule has 1 rings (SSSR count). The molecule has 0 atom stereocenters. The first-order chi connectivity index (χ1) is 7.71. The molecule has 0 saturated heterocycles. The van der Waals surface area contributed by atoms with E-state index in [4.69, 9.17) is 10.3 Å². The van der Waals surface area contributed by atoms with Crippen LogP contribution < -0.4 is 4.74 Å². The van der Waals surface area contributed by atoms with Crippen LogP contribution in [-0.2, 0) is 16.0 Å². The van der Waals surface area contributed by atoms with Gasteiger partial charge in [0.25, 0.3) is 0 Å². The van der Waals surface area contributed by atoms with Crippen LogP contribution >= 0.6 is 0 Å². The molecule has 0 aromatic heterocycles. The Bertz CT molecular complexity index is 439. The quantitative estimate of drug-likeness (QED) is 0.338. The second-order valence-corrected chi connectivity index (χ2v) is 2.95. The zero-order valence-electron chi connectivity index (χ0n) is 9.01. The fraction of sp³-hybridized carbons (Fsp3) is 0.300. The van der Waals surface area contributed by atoms with Gasteiger partial charge in [0.15, 0.2) is 0 Å². The highest BCUT2D eigenvalue weighted by Crippen LogP contribution is 2.28. The molecule has 0 N–H and O–H groups in total. The Morgan fingerprint density at radius 3 is 2.81 bits per heavy atom. The van der Waals surface area contributed by atoms with E-state index in [9.17, 15) is 4.79 Å². The second kappa shape index (κ2) is 5.63. The lowest BCUT2D eigenvalue weighted by Crippen LogP contribution is -2.04. The number of nitrogens with zero attached hydrogens (tertiary/aromatic N) is 3. The number of carbonyl (C=O) groups is 1. The summed E-state index contributed by atoms with van der Waals surface area (Å²) in [4.78, 5) is 13.7. The summed E-state index contributed by atoms with van der Waals surface area (Å²) in [7, 11) is 2.80. The predicted molar refractivity (Wildman–Crippen MR) is 57.5 cm³/mol. The number of hydrogen-bond acceptors (Lipinski definition) is 4. The summed E-state index contributed by atoms with van der Waals surface area (Å²) in [6, 6.07) is 4.95. The van der Waals surface area contributed by atoms with Gasteiger partial charge >= 0.3 is 5.97 Å². The summed E-state index contributed by atoms with van der Waals surface area (Å²) in [5.41, 5.74) is 9.43. The van der Waals surface area contributed by atoms with Gasteiger partial charge in [-0.1, -0.05) is 11.2 Å². The van der Waals surface area contributed by atoms with Gasteiger partial charge in [0.05, 0.1) is 26.3 Å². The molecule has 16 heavy (non-hydrogen) atoms. The topological polar surface area (TPSA) is 84.3 Å². The number of methoxy groups -OCH3 is 2. The number of carbonyl (C=O) groups excluding carboxylic acids is 1. The normalized spacial score (nSPS) is 9.12. The van der Waals surface area contributed by atoms with Crippen LogP contribution in [0.2, 0.25) is 0 Å². The molecule has 6 nitrogen and oxygen atoms in total. The van der Waals surface area contributed by atoms with Crippen molar-refractivity contribution >= 4 is 11.7 Å². The first-order valence-electron chi connectivity index (χ1n) is 4.50. The zero-order valence-corrected chi connectivity index (χ0v) is 9.01. The van der Waals surface area contributed by atoms with E-state index in [1.807, 2.05) is 0 Å². The molecule has 0 radical (unpaired) electrons. The van der Waals surface area contributed by atoms with E-state index >= 15 is 0 Å². The van der Waals surface area contributed by atoms with Crippen LogP contribution in [0.4, 0.5) is 5.69 Å². The number of azide groups is 1. The third-order valence-electron chi connectivity index (χ3n) is 1.97. The maximum absolute atomic E-state index is 11.0. The zero-order chi connectivity index (χ0) is 12.0. The summed E-state index contributed by atoms with van der Waals surface area (Å²) in [5.74, 6) is 0.114. The average molecular weight is 221 g/mol. The third kappa shape index (κ3) is 2.90. The van der Waals surface area contributed by atoms with E-state index in [2.05, 4.69) is 14.8 Å². The lowest BCUT2D eigenvalue weighted by molar-refractivity contribution is -0.139. The molecule has 0 heterocycles. The Morgan fingerprint density at radius 1 is 1.50 bits per heavy atom. The van der Waals surface area contributed by atoms with Crippen molar-refractivity contribution in [1.82, 2.24) is 0 Å². The highest BCUT2D eigenvalue weighted by Gasteiger charge is 2.06. The number of rotatable bonds is 4. The summed E-state index contributed by atoms with van der Waals surface area (Å²) >= 11 is 0. The number of ether oxygens (including phenoxy) is 2. The Balaban J connectivity index is 3.01. The molecule has 0 aliphatic heterocycles. The van der Waals surface area contributed by atoms with Crippen molar-refractivity contribution in [3.05, 3.63) is 34.2 Å². The average Bonchev–Trinajstić information content (AvgIpc) is 2.30. The van der Waals surface area contributed by atoms with Crippen molar-refractivity contribution in [2.75, 3.05) is 14.2 Å². The highest BCUT2D eigenvalue weighted by molar-refractivity contribution is 5.73. The van der Waals surface area contributed by atoms with E-state index in [1.165, 1.54) is 14.2 Å². The van der Waals surface area contributed by atoms with E-state index in [0.717, 1.165) is 0 Å². The Kier molecular flexibility index (Phi) is 4.17. The minimum atomic E-state index is -0.350. The molecule has 1 aromatic rings. The summed E-state index contributed by atoms with van der Waals surface area (Å²) in [5, 5.41) is 3.47. The highest BCUT2D eigenvalue weighted by atomic mass is 16.5. The molecule has 0 saturated carbocycles. The molecule has 0 spiro atoms. The molecular weight excluding hydrogens is 210 g/mol. The van der Waals surface area contributed by atoms with Gasteiger partial charge < -0.3 is 9.47 Å². The lowest BCUT2D eigenvalue weighted by atomic mass is 10.1. The predicted octanol–water partition coefficient (Wildman–Crippen LogP) is 2.35. The molecular formula is C10H11N3O3. The van der Waals surface area contributed by atoms with Gasteiger partial charge in [-0.2, -0.15) is 0 Å². The van der Waals surface area contributed by atoms with Crippen molar-refractivity contribution in [1.29, 1.82) is 0 Å². The number of esters is 1. The maximum Gasteiger partial charge on any atom is 0.309 e. The minimum Gasteiger partial charge on any atom is -0.496 e. The third-order valence-corrected chi connectivity index (χ3v) is 1.97. The van der Waals surface area contributed by atoms with Gasteiger partial charge in [-0.15, -0.1) is 0 Å². The van der Waals surface area contributed by atoms with Crippen molar-refractivity contribution < 1.29 is 14.3 Å². The summed E-state index contributed by atoms with van der Waals surface area (Å²) in [6.07, 6.45) is 0.133. The van der Waals surface area contributed by atoms with Gasteiger partial charge in [-0.25, -0.2) is 0 Å². The second-order valence-electron chi connectivity index (χ2n) is 2.95. The van der Waals surface area contributed by atoms with Gasteiger partial charge in [0.2, 0.25) is 0 Å². The number of hydrogen-bond donors (Lipinski definition) is 0. The molecule has 0 amide bonds. The lowest BCUT2D eigenvalue weighted by Gasteiger charge is -2.06. The molecule has 0 fully saturated rings. The largest absolute Gasteiger partial charge is 0.496 e. The first-order valence-corrected chi connectivity index (χ1v) is 4.50. The molecule has 0 unspecified atom stereocenters. The van der Waals surface area contributed by atoms with Crippen molar-refractivity contribution in [3.8, 4) is 5.75 Å². The van der Waals surface area contributed by atoms with Crippen LogP contribution in [-0.4, -0.2) is 20.2 Å². The van der Waals surface area contributed by atoms with E-state index in [1.54, 1.807) is 18.2 Å². The van der Waals surface area contributed by atoms with Crippen molar-refractivity contribution in [3.63, 3.8) is 0 Å². The van der Waals surface area contributed by atoms with Crippen molar-refractivity contribution in [2.24, 2.45) is 5.11 Å². The van der Waals surface area contributed by atoms with Gasteiger partial charge in [0, 0.05) is 4.91 Å². The van der Waals surface area contributed by atoms with Gasteiger partial charge in [-0.3, -0.25) is 4.79 Å². The maximum atomic E-state index is 11.0. The van der Waals surface area contributed by atoms with E-state index in [-0.39, 0.29) is 12.4 Å². The smallest absolute Gasteiger partial charge is 0.309 e. The van der Waals surface area contributed by atoms with Crippen LogP contribution in [0.5, 0.6) is 5.75 Å². The molecule has 6 heteroatoms. The molecule has 0 aliphatic rings. The SMILES string of the molecule is COC(=O)Cc1ccc(OC)c(N=[N+]=[N-])c1. The number of benzene rings is 1. The monoisotopic (exact) mass is 221 g/mol. The standard InChI is InChI=1S/C10H11N3O3/c1-15-9-4-3-7(6-10(14)16-2)5-8(9)12-13-11/h3-5H,6H2,1-2H3. The van der Waals surface area contributed by atoms with Gasteiger partial charge in [-0.05, 0) is 23.2 Å². The van der Waals surface area contributed by atoms with Crippen LogP contribution in [0.3, 0.4) is 0 Å². The van der Waals surface area contributed by atoms with Gasteiger partial charge in [0.1, 0.15) is 5.75 Å². The molecule has 0 aliphatic carbocycles. The summed E-state index contributed by atoms with van der Waals surface area (Å²) in [6.45, 7) is 0. The minimum absolute atomic E-state index is 0.133. The molecule has 1 aromatic carbocycles. The van der Waals surface area contributed by atoms with Crippen LogP contribution in [0.15, 0.2) is 23.3 Å². The Labute approximate surface area is 92.4 Å². The van der Waals surface area contributed by atoms with Crippen LogP contribution in [0.25, 0.3) is 10.4 Å². The fourth-order valence-corrected chi connectivity index (χ4v) is 1.21. The fourth-order valence-electron chi connectivity index (χ4n) is 1.21. The Hall–Kier alpha value is -2.20. The Morgan fingerprint density at radius 2 is 2.25 bits per heavy atom. The van der Waals surface area contributed by atoms with Crippen molar-refractivity contribution in [2.45, 2.75) is 6.42 Å².